The van der Waals surface area contributed by atoms with Crippen LogP contribution in [0.4, 0.5) is 4.39 Å². The van der Waals surface area contributed by atoms with Crippen LogP contribution in [-0.4, -0.2) is 31.4 Å². The maximum atomic E-state index is 14.6. The van der Waals surface area contributed by atoms with Gasteiger partial charge in [-0.2, -0.15) is 0 Å². The van der Waals surface area contributed by atoms with Crippen LogP contribution in [-0.2, 0) is 0 Å². The first-order valence-corrected chi connectivity index (χ1v) is 10.8. The van der Waals surface area contributed by atoms with Gasteiger partial charge in [0.15, 0.2) is 5.17 Å². The van der Waals surface area contributed by atoms with Crippen LogP contribution in [0.5, 0.6) is 0 Å². The molecule has 0 unspecified atom stereocenters. The normalized spacial score (nSPS) is 23.4. The molecule has 0 saturated carbocycles. The number of para-hydroxylation sites is 1. The second-order valence-corrected chi connectivity index (χ2v) is 9.16. The number of nitrogens with zero attached hydrogens (tertiary/aromatic N) is 4. The number of halogens is 1. The van der Waals surface area contributed by atoms with Crippen molar-refractivity contribution in [2.24, 2.45) is 4.99 Å². The van der Waals surface area contributed by atoms with Crippen molar-refractivity contribution in [1.82, 2.24) is 14.5 Å². The smallest absolute Gasteiger partial charge is 0.160 e. The summed E-state index contributed by atoms with van der Waals surface area (Å²) in [6, 6.07) is 15.2. The molecule has 1 saturated heterocycles. The molecule has 3 aromatic rings. The summed E-state index contributed by atoms with van der Waals surface area (Å²) >= 11 is 1.83. The maximum absolute atomic E-state index is 14.6. The summed E-state index contributed by atoms with van der Waals surface area (Å²) < 4.78 is 16.6. The van der Waals surface area contributed by atoms with Gasteiger partial charge >= 0.3 is 0 Å². The first kappa shape index (κ1) is 18.4. The zero-order valence-electron chi connectivity index (χ0n) is 16.7. The summed E-state index contributed by atoms with van der Waals surface area (Å²) in [5.74, 6) is -0.212. The van der Waals surface area contributed by atoms with Crippen molar-refractivity contribution in [3.8, 4) is 5.69 Å². The van der Waals surface area contributed by atoms with E-state index in [-0.39, 0.29) is 17.9 Å². The van der Waals surface area contributed by atoms with Gasteiger partial charge in [-0.3, -0.25) is 9.98 Å². The Morgan fingerprint density at radius 3 is 2.66 bits per heavy atom. The summed E-state index contributed by atoms with van der Waals surface area (Å²) in [5.41, 5.74) is 4.83. The van der Waals surface area contributed by atoms with E-state index in [1.165, 1.54) is 11.6 Å². The highest BCUT2D eigenvalue weighted by atomic mass is 32.2. The largest absolute Gasteiger partial charge is 0.341 e. The number of hydrogen-bond donors (Lipinski definition) is 0. The lowest BCUT2D eigenvalue weighted by Crippen LogP contribution is -2.28. The van der Waals surface area contributed by atoms with Crippen molar-refractivity contribution in [2.75, 3.05) is 6.54 Å². The van der Waals surface area contributed by atoms with Crippen LogP contribution >= 0.6 is 11.8 Å². The number of thioether (sulfide) groups is 1. The van der Waals surface area contributed by atoms with Gasteiger partial charge in [0.05, 0.1) is 17.4 Å². The monoisotopic (exact) mass is 406 g/mol. The maximum Gasteiger partial charge on any atom is 0.160 e. The van der Waals surface area contributed by atoms with Gasteiger partial charge in [0.2, 0.25) is 0 Å². The molecule has 0 spiro atoms. The van der Waals surface area contributed by atoms with Crippen LogP contribution in [0.2, 0.25) is 0 Å². The number of amidine groups is 1. The van der Waals surface area contributed by atoms with Gasteiger partial charge in [0, 0.05) is 29.4 Å². The Kier molecular flexibility index (Phi) is 4.46. The topological polar surface area (TPSA) is 33.4 Å². The van der Waals surface area contributed by atoms with E-state index in [2.05, 4.69) is 29.8 Å². The van der Waals surface area contributed by atoms with Gasteiger partial charge in [-0.15, -0.1) is 0 Å². The molecule has 2 aromatic heterocycles. The second kappa shape index (κ2) is 7.02. The Balaban J connectivity index is 1.64. The highest BCUT2D eigenvalue weighted by Crippen LogP contribution is 2.48. The van der Waals surface area contributed by atoms with E-state index in [1.807, 2.05) is 59.8 Å². The highest BCUT2D eigenvalue weighted by molar-refractivity contribution is 8.14. The molecule has 2 aliphatic rings. The summed E-state index contributed by atoms with van der Waals surface area (Å²) in [6.45, 7) is 7.31. The van der Waals surface area contributed by atoms with Crippen molar-refractivity contribution < 1.29 is 4.39 Å². The third-order valence-corrected chi connectivity index (χ3v) is 6.87. The number of hydrogen-bond acceptors (Lipinski definition) is 4. The predicted molar refractivity (Wildman–Crippen MR) is 116 cm³/mol. The standard InChI is InChI=1S/C23H23FN4S/c1-14-12-17(16(3)28(14)20-10-5-4-8-18(20)24)22-21(19-9-6-7-11-25-19)26-23-27(22)13-15(2)29-23/h4-12,15,21-22H,13H2,1-3H3/t15-,21-,22-/m0/s1. The summed E-state index contributed by atoms with van der Waals surface area (Å²) in [6.07, 6.45) is 1.83. The minimum absolute atomic E-state index is 0.0548. The van der Waals surface area contributed by atoms with Crippen LogP contribution in [0.15, 0.2) is 59.7 Å². The molecule has 1 aromatic carbocycles. The molecule has 5 rings (SSSR count). The summed E-state index contributed by atoms with van der Waals surface area (Å²) in [7, 11) is 0. The summed E-state index contributed by atoms with van der Waals surface area (Å²) in [5, 5.41) is 1.60. The molecule has 6 heteroatoms. The Labute approximate surface area is 174 Å². The molecule has 0 bridgehead atoms. The number of pyridine rings is 1. The van der Waals surface area contributed by atoms with E-state index < -0.39 is 0 Å². The average molecular weight is 407 g/mol. The molecular formula is C23H23FN4S. The Morgan fingerprint density at radius 1 is 1.10 bits per heavy atom. The van der Waals surface area contributed by atoms with Gasteiger partial charge in [0.1, 0.15) is 11.9 Å². The lowest BCUT2D eigenvalue weighted by molar-refractivity contribution is 0.320. The molecule has 148 valence electrons. The predicted octanol–water partition coefficient (Wildman–Crippen LogP) is 5.22. The van der Waals surface area contributed by atoms with Gasteiger partial charge < -0.3 is 9.47 Å². The van der Waals surface area contributed by atoms with Gasteiger partial charge in [-0.1, -0.05) is 36.9 Å². The molecule has 0 radical (unpaired) electrons. The molecule has 29 heavy (non-hydrogen) atoms. The fourth-order valence-electron chi connectivity index (χ4n) is 4.54. The number of benzene rings is 1. The van der Waals surface area contributed by atoms with Crippen LogP contribution in [0.25, 0.3) is 5.69 Å². The third-order valence-electron chi connectivity index (χ3n) is 5.76. The lowest BCUT2D eigenvalue weighted by Gasteiger charge is -2.27. The third kappa shape index (κ3) is 2.97. The summed E-state index contributed by atoms with van der Waals surface area (Å²) in [4.78, 5) is 12.1. The van der Waals surface area contributed by atoms with Crippen molar-refractivity contribution in [1.29, 1.82) is 0 Å². The van der Waals surface area contributed by atoms with Gasteiger partial charge in [0.25, 0.3) is 0 Å². The average Bonchev–Trinajstić information content (AvgIpc) is 3.33. The Morgan fingerprint density at radius 2 is 1.90 bits per heavy atom. The zero-order chi connectivity index (χ0) is 20.1. The van der Waals surface area contributed by atoms with E-state index in [0.717, 1.165) is 28.8 Å². The van der Waals surface area contributed by atoms with E-state index in [4.69, 9.17) is 4.99 Å². The highest BCUT2D eigenvalue weighted by Gasteiger charge is 2.44. The number of aromatic nitrogens is 2. The van der Waals surface area contributed by atoms with Crippen molar-refractivity contribution in [3.05, 3.63) is 83.2 Å². The molecule has 0 aliphatic carbocycles. The van der Waals surface area contributed by atoms with E-state index in [9.17, 15) is 4.39 Å². The first-order valence-electron chi connectivity index (χ1n) is 9.90. The van der Waals surface area contributed by atoms with Crippen molar-refractivity contribution in [3.63, 3.8) is 0 Å². The molecule has 0 amide bonds. The second-order valence-electron chi connectivity index (χ2n) is 7.75. The zero-order valence-corrected chi connectivity index (χ0v) is 17.5. The number of aliphatic imine (C=N–C) groups is 1. The lowest BCUT2D eigenvalue weighted by atomic mass is 9.96. The fourth-order valence-corrected chi connectivity index (χ4v) is 5.64. The number of aryl methyl sites for hydroxylation is 1. The van der Waals surface area contributed by atoms with E-state index in [1.54, 1.807) is 6.07 Å². The quantitative estimate of drug-likeness (QED) is 0.598. The van der Waals surface area contributed by atoms with Crippen LogP contribution in [0.1, 0.15) is 41.7 Å². The fraction of sp³-hybridized carbons (Fsp3) is 0.304. The first-order chi connectivity index (χ1) is 14.0. The molecule has 0 N–H and O–H groups in total. The van der Waals surface area contributed by atoms with Crippen LogP contribution < -0.4 is 0 Å². The number of fused-ring (bicyclic) bond motifs is 1. The number of rotatable bonds is 3. The minimum atomic E-state index is -0.212. The molecule has 1 fully saturated rings. The Bertz CT molecular complexity index is 1090. The van der Waals surface area contributed by atoms with Crippen LogP contribution in [0.3, 0.4) is 0 Å². The molecule has 3 atom stereocenters. The van der Waals surface area contributed by atoms with Gasteiger partial charge in [-0.05, 0) is 49.7 Å². The van der Waals surface area contributed by atoms with E-state index in [0.29, 0.717) is 10.9 Å². The van der Waals surface area contributed by atoms with Crippen molar-refractivity contribution in [2.45, 2.75) is 38.1 Å². The molecule has 4 nitrogen and oxygen atoms in total. The van der Waals surface area contributed by atoms with Crippen LogP contribution in [0, 0.1) is 19.7 Å². The van der Waals surface area contributed by atoms with Gasteiger partial charge in [-0.25, -0.2) is 4.39 Å². The SMILES string of the molecule is Cc1cc([C@H]2[C@H](c3ccccn3)N=C3S[C@@H](C)CN32)c(C)n1-c1ccccc1F. The van der Waals surface area contributed by atoms with Crippen molar-refractivity contribution >= 4 is 16.9 Å². The minimum Gasteiger partial charge on any atom is -0.341 e. The van der Waals surface area contributed by atoms with E-state index >= 15 is 0 Å². The molecule has 2 aliphatic heterocycles. The molecular weight excluding hydrogens is 383 g/mol. The Hall–Kier alpha value is -2.60. The molecule has 4 heterocycles.